The molecule has 0 fully saturated rings. The summed E-state index contributed by atoms with van der Waals surface area (Å²) in [5.41, 5.74) is 1.92. The maximum Gasteiger partial charge on any atom is 0.261 e. The first kappa shape index (κ1) is 16.8. The Labute approximate surface area is 149 Å². The minimum absolute atomic E-state index is 0.00352. The number of aromatic nitrogens is 1. The third-order valence-electron chi connectivity index (χ3n) is 3.20. The first-order valence-corrected chi connectivity index (χ1v) is 9.09. The van der Waals surface area contributed by atoms with E-state index in [2.05, 4.69) is 9.71 Å². The van der Waals surface area contributed by atoms with E-state index < -0.39 is 10.0 Å². The van der Waals surface area contributed by atoms with E-state index in [1.54, 1.807) is 37.5 Å². The molecule has 2 aromatic carbocycles. The average Bonchev–Trinajstić information content (AvgIpc) is 2.93. The van der Waals surface area contributed by atoms with Gasteiger partial charge in [-0.2, -0.15) is 0 Å². The van der Waals surface area contributed by atoms with Crippen molar-refractivity contribution in [2.45, 2.75) is 11.8 Å². The lowest BCUT2D eigenvalue weighted by molar-refractivity contribution is 0.521. The first-order valence-electron chi connectivity index (χ1n) is 6.85. The second-order valence-electron chi connectivity index (χ2n) is 5.04. The molecule has 8 heteroatoms. The molecule has 0 aliphatic heterocycles. The minimum atomic E-state index is -3.78. The van der Waals surface area contributed by atoms with Crippen LogP contribution in [0.25, 0.3) is 11.3 Å². The number of aryl methyl sites for hydroxylation is 1. The van der Waals surface area contributed by atoms with Crippen molar-refractivity contribution in [3.63, 3.8) is 0 Å². The second-order valence-corrected chi connectivity index (χ2v) is 7.60. The standard InChI is InChI=1S/C16H12Cl2N2O3S/c1-10-19-16(9-23-10)11-2-4-14(5-3-11)20-24(21,22)15-7-12(17)6-13(18)8-15/h2-9,20H,1H3. The summed E-state index contributed by atoms with van der Waals surface area (Å²) < 4.78 is 32.5. The van der Waals surface area contributed by atoms with Crippen molar-refractivity contribution in [2.24, 2.45) is 0 Å². The van der Waals surface area contributed by atoms with Crippen LogP contribution in [-0.2, 0) is 10.0 Å². The van der Waals surface area contributed by atoms with Crippen molar-refractivity contribution in [1.29, 1.82) is 0 Å². The summed E-state index contributed by atoms with van der Waals surface area (Å²) in [6.07, 6.45) is 1.54. The van der Waals surface area contributed by atoms with Crippen molar-refractivity contribution in [3.05, 3.63) is 64.7 Å². The van der Waals surface area contributed by atoms with E-state index in [0.29, 0.717) is 17.3 Å². The lowest BCUT2D eigenvalue weighted by Crippen LogP contribution is -2.12. The van der Waals surface area contributed by atoms with Gasteiger partial charge in [-0.15, -0.1) is 0 Å². The van der Waals surface area contributed by atoms with E-state index in [9.17, 15) is 8.42 Å². The number of rotatable bonds is 4. The Kier molecular flexibility index (Phi) is 4.54. The molecule has 3 rings (SSSR count). The predicted molar refractivity (Wildman–Crippen MR) is 93.9 cm³/mol. The molecule has 0 unspecified atom stereocenters. The van der Waals surface area contributed by atoms with Crippen LogP contribution >= 0.6 is 23.2 Å². The van der Waals surface area contributed by atoms with Gasteiger partial charge < -0.3 is 4.42 Å². The third kappa shape index (κ3) is 3.72. The van der Waals surface area contributed by atoms with Crippen LogP contribution < -0.4 is 4.72 Å². The summed E-state index contributed by atoms with van der Waals surface area (Å²) in [6.45, 7) is 1.75. The maximum absolute atomic E-state index is 12.4. The summed E-state index contributed by atoms with van der Waals surface area (Å²) in [5, 5.41) is 0.499. The topological polar surface area (TPSA) is 72.2 Å². The zero-order valence-corrected chi connectivity index (χ0v) is 14.8. The van der Waals surface area contributed by atoms with Crippen molar-refractivity contribution in [1.82, 2.24) is 4.98 Å². The fraction of sp³-hybridized carbons (Fsp3) is 0.0625. The highest BCUT2D eigenvalue weighted by molar-refractivity contribution is 7.92. The number of nitrogens with zero attached hydrogens (tertiary/aromatic N) is 1. The molecule has 0 spiro atoms. The molecule has 0 saturated heterocycles. The molecule has 1 aromatic heterocycles. The molecule has 3 aromatic rings. The van der Waals surface area contributed by atoms with Crippen LogP contribution in [-0.4, -0.2) is 13.4 Å². The van der Waals surface area contributed by atoms with Crippen molar-refractivity contribution in [2.75, 3.05) is 4.72 Å². The molecule has 0 radical (unpaired) electrons. The normalized spacial score (nSPS) is 11.5. The quantitative estimate of drug-likeness (QED) is 0.705. The number of sulfonamides is 1. The van der Waals surface area contributed by atoms with Crippen LogP contribution in [0.1, 0.15) is 5.89 Å². The first-order chi connectivity index (χ1) is 11.3. The highest BCUT2D eigenvalue weighted by Gasteiger charge is 2.16. The lowest BCUT2D eigenvalue weighted by Gasteiger charge is -2.09. The Hall–Kier alpha value is -2.02. The lowest BCUT2D eigenvalue weighted by atomic mass is 10.1. The Balaban J connectivity index is 1.85. The number of anilines is 1. The van der Waals surface area contributed by atoms with Crippen molar-refractivity contribution in [3.8, 4) is 11.3 Å². The smallest absolute Gasteiger partial charge is 0.261 e. The van der Waals surface area contributed by atoms with Crippen molar-refractivity contribution >= 4 is 38.9 Å². The highest BCUT2D eigenvalue weighted by atomic mass is 35.5. The molecule has 124 valence electrons. The van der Waals surface area contributed by atoms with Crippen LogP contribution in [0.15, 0.2) is 58.0 Å². The van der Waals surface area contributed by atoms with Crippen molar-refractivity contribution < 1.29 is 12.8 Å². The summed E-state index contributed by atoms with van der Waals surface area (Å²) in [6, 6.07) is 10.9. The van der Waals surface area contributed by atoms with Gasteiger partial charge in [0.2, 0.25) is 0 Å². The molecule has 0 aliphatic carbocycles. The third-order valence-corrected chi connectivity index (χ3v) is 5.00. The van der Waals surface area contributed by atoms with E-state index in [1.165, 1.54) is 18.2 Å². The SMILES string of the molecule is Cc1nc(-c2ccc(NS(=O)(=O)c3cc(Cl)cc(Cl)c3)cc2)co1. The van der Waals surface area contributed by atoms with E-state index in [4.69, 9.17) is 27.6 Å². The number of benzene rings is 2. The molecular weight excluding hydrogens is 371 g/mol. The minimum Gasteiger partial charge on any atom is -0.449 e. The summed E-state index contributed by atoms with van der Waals surface area (Å²) >= 11 is 11.7. The molecule has 5 nitrogen and oxygen atoms in total. The summed E-state index contributed by atoms with van der Waals surface area (Å²) in [4.78, 5) is 4.21. The second kappa shape index (κ2) is 6.47. The molecular formula is C16H12Cl2N2O3S. The monoisotopic (exact) mass is 382 g/mol. The van der Waals surface area contributed by atoms with Crippen LogP contribution in [0.3, 0.4) is 0 Å². The van der Waals surface area contributed by atoms with Gasteiger partial charge in [-0.1, -0.05) is 35.3 Å². The van der Waals surface area contributed by atoms with Gasteiger partial charge in [-0.25, -0.2) is 13.4 Å². The van der Waals surface area contributed by atoms with E-state index in [1.807, 2.05) is 0 Å². The average molecular weight is 383 g/mol. The molecule has 1 heterocycles. The molecule has 0 bridgehead atoms. The summed E-state index contributed by atoms with van der Waals surface area (Å²) in [7, 11) is -3.78. The Morgan fingerprint density at radius 1 is 1.04 bits per heavy atom. The Morgan fingerprint density at radius 3 is 2.21 bits per heavy atom. The van der Waals surface area contributed by atoms with E-state index in [-0.39, 0.29) is 14.9 Å². The molecule has 0 amide bonds. The highest BCUT2D eigenvalue weighted by Crippen LogP contribution is 2.25. The van der Waals surface area contributed by atoms with Gasteiger partial charge in [0.1, 0.15) is 12.0 Å². The van der Waals surface area contributed by atoms with Gasteiger partial charge >= 0.3 is 0 Å². The van der Waals surface area contributed by atoms with Gasteiger partial charge in [0, 0.05) is 28.2 Å². The fourth-order valence-corrected chi connectivity index (χ4v) is 3.89. The Bertz CT molecular complexity index is 963. The molecule has 0 saturated carbocycles. The molecule has 1 N–H and O–H groups in total. The number of hydrogen-bond acceptors (Lipinski definition) is 4. The van der Waals surface area contributed by atoms with Gasteiger partial charge in [0.05, 0.1) is 4.90 Å². The van der Waals surface area contributed by atoms with Crippen LogP contribution in [0.2, 0.25) is 10.0 Å². The van der Waals surface area contributed by atoms with Gasteiger partial charge in [-0.05, 0) is 30.3 Å². The number of hydrogen-bond donors (Lipinski definition) is 1. The molecule has 0 atom stereocenters. The zero-order chi connectivity index (χ0) is 17.3. The fourth-order valence-electron chi connectivity index (χ4n) is 2.10. The number of nitrogens with one attached hydrogen (secondary N) is 1. The predicted octanol–water partition coefficient (Wildman–Crippen LogP) is 4.76. The van der Waals surface area contributed by atoms with E-state index >= 15 is 0 Å². The largest absolute Gasteiger partial charge is 0.449 e. The van der Waals surface area contributed by atoms with Gasteiger partial charge in [-0.3, -0.25) is 4.72 Å². The van der Waals surface area contributed by atoms with Crippen LogP contribution in [0, 0.1) is 6.92 Å². The van der Waals surface area contributed by atoms with Gasteiger partial charge in [0.25, 0.3) is 10.0 Å². The molecule has 24 heavy (non-hydrogen) atoms. The van der Waals surface area contributed by atoms with E-state index in [0.717, 1.165) is 5.56 Å². The van der Waals surface area contributed by atoms with Crippen LogP contribution in [0.5, 0.6) is 0 Å². The maximum atomic E-state index is 12.4. The number of oxazole rings is 1. The van der Waals surface area contributed by atoms with Gasteiger partial charge in [0.15, 0.2) is 5.89 Å². The zero-order valence-electron chi connectivity index (χ0n) is 12.5. The Morgan fingerprint density at radius 2 is 1.67 bits per heavy atom. The van der Waals surface area contributed by atoms with Crippen LogP contribution in [0.4, 0.5) is 5.69 Å². The number of halogens is 2. The molecule has 0 aliphatic rings. The summed E-state index contributed by atoms with van der Waals surface area (Å²) in [5.74, 6) is 0.563.